The minimum atomic E-state index is 0.0469. The van der Waals surface area contributed by atoms with Gasteiger partial charge < -0.3 is 0 Å². The van der Waals surface area contributed by atoms with Gasteiger partial charge in [-0.25, -0.2) is 0 Å². The quantitative estimate of drug-likeness (QED) is 0.470. The molecule has 0 aromatic heterocycles. The molecule has 3 heteroatoms. The molecular formula is C4H8N2O. The van der Waals surface area contributed by atoms with Crippen LogP contribution in [0.3, 0.4) is 0 Å². The number of carbonyl (C=O) groups is 1. The molecule has 0 N–H and O–H groups in total. The highest BCUT2D eigenvalue weighted by molar-refractivity contribution is 5.77. The maximum Gasteiger partial charge on any atom is 0.153 e. The zero-order valence-electron chi connectivity index (χ0n) is 4.51. The molecule has 0 aliphatic rings. The van der Waals surface area contributed by atoms with Gasteiger partial charge in [0.25, 0.3) is 0 Å². The van der Waals surface area contributed by atoms with E-state index in [1.807, 2.05) is 0 Å². The smallest absolute Gasteiger partial charge is 0.153 e. The summed E-state index contributed by atoms with van der Waals surface area (Å²) < 4.78 is 0. The van der Waals surface area contributed by atoms with Crippen molar-refractivity contribution in [2.24, 2.45) is 10.2 Å². The van der Waals surface area contributed by atoms with Crippen LogP contribution in [0.2, 0.25) is 0 Å². The molecule has 0 aliphatic carbocycles. The Bertz CT molecular complexity index is 87.7. The second-order valence-corrected chi connectivity index (χ2v) is 1.20. The summed E-state index contributed by atoms with van der Waals surface area (Å²) in [5, 5.41) is 6.83. The minimum Gasteiger partial charge on any atom is -0.298 e. The Balaban J connectivity index is 3.14. The van der Waals surface area contributed by atoms with Crippen LogP contribution in [-0.4, -0.2) is 19.4 Å². The van der Waals surface area contributed by atoms with E-state index in [-0.39, 0.29) is 12.3 Å². The summed E-state index contributed by atoms with van der Waals surface area (Å²) in [5.41, 5.74) is 0. The topological polar surface area (TPSA) is 41.8 Å². The Morgan fingerprint density at radius 2 is 2.29 bits per heavy atom. The van der Waals surface area contributed by atoms with E-state index in [1.54, 1.807) is 7.05 Å². The largest absolute Gasteiger partial charge is 0.298 e. The molecule has 0 rings (SSSR count). The second-order valence-electron chi connectivity index (χ2n) is 1.20. The van der Waals surface area contributed by atoms with Gasteiger partial charge in [-0.15, -0.1) is 0 Å². The predicted molar refractivity (Wildman–Crippen MR) is 26.3 cm³/mol. The van der Waals surface area contributed by atoms with Gasteiger partial charge >= 0.3 is 0 Å². The molecule has 0 spiro atoms. The number of carbonyl (C=O) groups excluding carboxylic acids is 1. The van der Waals surface area contributed by atoms with Crippen LogP contribution in [0, 0.1) is 0 Å². The molecule has 0 aromatic carbocycles. The molecule has 0 heterocycles. The normalized spacial score (nSPS) is 10.0. The summed E-state index contributed by atoms with van der Waals surface area (Å²) in [6, 6.07) is 0. The van der Waals surface area contributed by atoms with Crippen molar-refractivity contribution < 1.29 is 4.79 Å². The fraction of sp³-hybridized carbons (Fsp3) is 0.750. The van der Waals surface area contributed by atoms with Crippen molar-refractivity contribution in [2.75, 3.05) is 13.6 Å². The lowest BCUT2D eigenvalue weighted by molar-refractivity contribution is -0.115. The van der Waals surface area contributed by atoms with Crippen LogP contribution in [0.5, 0.6) is 0 Å². The van der Waals surface area contributed by atoms with E-state index in [9.17, 15) is 4.79 Å². The zero-order valence-corrected chi connectivity index (χ0v) is 4.51. The molecule has 0 amide bonds. The number of nitrogens with zero attached hydrogens (tertiary/aromatic N) is 2. The number of Topliss-reactive ketones (excluding diaryl/α,β-unsaturated/α-hetero) is 1. The van der Waals surface area contributed by atoms with Crippen molar-refractivity contribution in [3.63, 3.8) is 0 Å². The van der Waals surface area contributed by atoms with E-state index in [4.69, 9.17) is 0 Å². The van der Waals surface area contributed by atoms with Crippen LogP contribution in [0.1, 0.15) is 6.92 Å². The van der Waals surface area contributed by atoms with E-state index in [0.29, 0.717) is 0 Å². The molecule has 0 saturated heterocycles. The summed E-state index contributed by atoms with van der Waals surface area (Å²) >= 11 is 0. The third kappa shape index (κ3) is 5.27. The van der Waals surface area contributed by atoms with Crippen LogP contribution in [-0.2, 0) is 4.79 Å². The molecular weight excluding hydrogens is 92.1 g/mol. The summed E-state index contributed by atoms with van der Waals surface area (Å²) in [7, 11) is 1.54. The van der Waals surface area contributed by atoms with Gasteiger partial charge in [0.05, 0.1) is 0 Å². The highest BCUT2D eigenvalue weighted by atomic mass is 16.1. The van der Waals surface area contributed by atoms with Gasteiger partial charge in [-0.3, -0.25) is 4.79 Å². The van der Waals surface area contributed by atoms with Crippen molar-refractivity contribution in [1.82, 2.24) is 0 Å². The first-order chi connectivity index (χ1) is 3.27. The fourth-order valence-electron chi connectivity index (χ4n) is 0.170. The molecule has 0 bridgehead atoms. The highest BCUT2D eigenvalue weighted by Gasteiger charge is 1.83. The second kappa shape index (κ2) is 3.46. The summed E-state index contributed by atoms with van der Waals surface area (Å²) in [5.74, 6) is 0.0469. The summed E-state index contributed by atoms with van der Waals surface area (Å²) in [4.78, 5) is 10.0. The molecule has 0 atom stereocenters. The van der Waals surface area contributed by atoms with E-state index in [0.717, 1.165) is 0 Å². The lowest BCUT2D eigenvalue weighted by Gasteiger charge is -1.77. The average Bonchev–Trinajstić information content (AvgIpc) is 1.61. The van der Waals surface area contributed by atoms with Gasteiger partial charge in [0.15, 0.2) is 5.78 Å². The Morgan fingerprint density at radius 3 is 2.43 bits per heavy atom. The predicted octanol–water partition coefficient (Wildman–Crippen LogP) is 0.657. The average molecular weight is 100 g/mol. The fourth-order valence-corrected chi connectivity index (χ4v) is 0.170. The van der Waals surface area contributed by atoms with Crippen LogP contribution in [0.15, 0.2) is 10.2 Å². The Hall–Kier alpha value is -0.730. The maximum atomic E-state index is 10.0. The first kappa shape index (κ1) is 6.27. The third-order valence-corrected chi connectivity index (χ3v) is 0.435. The van der Waals surface area contributed by atoms with Gasteiger partial charge in [-0.1, -0.05) is 0 Å². The molecule has 0 aliphatic heterocycles. The lowest BCUT2D eigenvalue weighted by Crippen LogP contribution is -1.92. The summed E-state index contributed by atoms with van der Waals surface area (Å²) in [6.07, 6.45) is 0. The van der Waals surface area contributed by atoms with Crippen LogP contribution < -0.4 is 0 Å². The number of rotatable bonds is 2. The standard InChI is InChI=1S/C4H8N2O/c1-4(7)3-6-5-2/h3H2,1-2H3. The van der Waals surface area contributed by atoms with E-state index in [1.165, 1.54) is 6.92 Å². The van der Waals surface area contributed by atoms with Crippen LogP contribution in [0.25, 0.3) is 0 Å². The van der Waals surface area contributed by atoms with Gasteiger partial charge in [0.2, 0.25) is 0 Å². The first-order valence-corrected chi connectivity index (χ1v) is 2.02. The number of hydrogen-bond donors (Lipinski definition) is 0. The lowest BCUT2D eigenvalue weighted by atomic mass is 10.5. The summed E-state index contributed by atoms with van der Waals surface area (Å²) in [6.45, 7) is 1.70. The molecule has 0 unspecified atom stereocenters. The molecule has 0 saturated carbocycles. The van der Waals surface area contributed by atoms with Crippen LogP contribution in [0.4, 0.5) is 0 Å². The van der Waals surface area contributed by atoms with Gasteiger partial charge in [-0.2, -0.15) is 10.2 Å². The monoisotopic (exact) mass is 100 g/mol. The van der Waals surface area contributed by atoms with Gasteiger partial charge in [0.1, 0.15) is 6.54 Å². The third-order valence-electron chi connectivity index (χ3n) is 0.435. The Labute approximate surface area is 42.4 Å². The molecule has 3 nitrogen and oxygen atoms in total. The number of hydrogen-bond acceptors (Lipinski definition) is 3. The first-order valence-electron chi connectivity index (χ1n) is 2.02. The zero-order chi connectivity index (χ0) is 5.70. The van der Waals surface area contributed by atoms with E-state index >= 15 is 0 Å². The number of ketones is 1. The molecule has 0 aromatic rings. The van der Waals surface area contributed by atoms with Gasteiger partial charge in [-0.05, 0) is 6.92 Å². The van der Waals surface area contributed by atoms with Crippen molar-refractivity contribution >= 4 is 5.78 Å². The minimum absolute atomic E-state index is 0.0469. The van der Waals surface area contributed by atoms with Crippen molar-refractivity contribution in [3.8, 4) is 0 Å². The Kier molecular flexibility index (Phi) is 3.10. The van der Waals surface area contributed by atoms with Gasteiger partial charge in [0, 0.05) is 7.05 Å². The highest BCUT2D eigenvalue weighted by Crippen LogP contribution is 1.71. The van der Waals surface area contributed by atoms with Crippen molar-refractivity contribution in [2.45, 2.75) is 6.92 Å². The molecule has 40 valence electrons. The SMILES string of the molecule is CN=NCC(C)=O. The molecule has 0 fully saturated rings. The van der Waals surface area contributed by atoms with E-state index < -0.39 is 0 Å². The number of azo groups is 1. The van der Waals surface area contributed by atoms with Crippen molar-refractivity contribution in [1.29, 1.82) is 0 Å². The van der Waals surface area contributed by atoms with E-state index in [2.05, 4.69) is 10.2 Å². The Morgan fingerprint density at radius 1 is 1.71 bits per heavy atom. The van der Waals surface area contributed by atoms with Crippen LogP contribution >= 0.6 is 0 Å². The molecule has 0 radical (unpaired) electrons. The maximum absolute atomic E-state index is 10.0. The molecule has 7 heavy (non-hydrogen) atoms. The van der Waals surface area contributed by atoms with Crippen molar-refractivity contribution in [3.05, 3.63) is 0 Å².